The van der Waals surface area contributed by atoms with Crippen LogP contribution in [0.15, 0.2) is 24.3 Å². The number of benzene rings is 1. The molecule has 1 aliphatic carbocycles. The van der Waals surface area contributed by atoms with Crippen LogP contribution in [0.25, 0.3) is 0 Å². The first kappa shape index (κ1) is 22.9. The van der Waals surface area contributed by atoms with Crippen LogP contribution in [0.4, 0.5) is 5.69 Å². The van der Waals surface area contributed by atoms with Gasteiger partial charge in [0.05, 0.1) is 18.2 Å². The molecule has 0 radical (unpaired) electrons. The highest BCUT2D eigenvalue weighted by Crippen LogP contribution is 2.23. The molecular formula is C23H33N4O4+. The van der Waals surface area contributed by atoms with E-state index in [0.29, 0.717) is 24.2 Å². The van der Waals surface area contributed by atoms with Crippen molar-refractivity contribution in [3.05, 3.63) is 29.8 Å². The Hall–Kier alpha value is -2.74. The minimum absolute atomic E-state index is 0.0289. The summed E-state index contributed by atoms with van der Waals surface area (Å²) < 4.78 is 5.45. The Labute approximate surface area is 183 Å². The summed E-state index contributed by atoms with van der Waals surface area (Å²) in [7, 11) is 1.71. The molecule has 1 aromatic carbocycles. The normalized spacial score (nSPS) is 23.3. The van der Waals surface area contributed by atoms with E-state index in [1.807, 2.05) is 6.07 Å². The van der Waals surface area contributed by atoms with Crippen molar-refractivity contribution < 1.29 is 24.5 Å². The summed E-state index contributed by atoms with van der Waals surface area (Å²) in [6.45, 7) is 2.00. The highest BCUT2D eigenvalue weighted by atomic mass is 16.5. The van der Waals surface area contributed by atoms with E-state index in [-0.39, 0.29) is 42.0 Å². The second-order valence-electron chi connectivity index (χ2n) is 8.34. The molecule has 0 aromatic heterocycles. The van der Waals surface area contributed by atoms with Gasteiger partial charge in [-0.1, -0.05) is 12.1 Å². The molecule has 3 rings (SSSR count). The Balaban J connectivity index is 1.58. The third-order valence-corrected chi connectivity index (χ3v) is 6.21. The molecule has 168 valence electrons. The highest BCUT2D eigenvalue weighted by molar-refractivity contribution is 6.43. The van der Waals surface area contributed by atoms with Crippen molar-refractivity contribution >= 4 is 29.0 Å². The molecule has 8 heteroatoms. The number of nitrogens with zero attached hydrogens (tertiary/aromatic N) is 1. The smallest absolute Gasteiger partial charge is 0.249 e. The van der Waals surface area contributed by atoms with Gasteiger partial charge in [-0.05, 0) is 50.7 Å². The third-order valence-electron chi connectivity index (χ3n) is 6.21. The fraction of sp³-hybridized carbons (Fsp3) is 0.565. The number of rotatable bonds is 8. The number of likely N-dealkylation sites (tertiary alicyclic amines) is 1. The van der Waals surface area contributed by atoms with Crippen molar-refractivity contribution in [3.8, 4) is 0 Å². The molecule has 1 saturated carbocycles. The predicted molar refractivity (Wildman–Crippen MR) is 118 cm³/mol. The first-order valence-electron chi connectivity index (χ1n) is 11.0. The van der Waals surface area contributed by atoms with Crippen LogP contribution in [-0.2, 0) is 19.1 Å². The molecule has 1 unspecified atom stereocenters. The lowest BCUT2D eigenvalue weighted by molar-refractivity contribution is -0.137. The number of nitrogens with two attached hydrogens (primary N) is 1. The topological polar surface area (TPSA) is 113 Å². The molecule has 1 saturated heterocycles. The summed E-state index contributed by atoms with van der Waals surface area (Å²) in [4.78, 5) is 39.1. The van der Waals surface area contributed by atoms with Crippen LogP contribution in [0.5, 0.6) is 0 Å². The second-order valence-corrected chi connectivity index (χ2v) is 8.34. The number of nitrogens with one attached hydrogen (secondary N) is 2. The minimum Gasteiger partial charge on any atom is -0.381 e. The van der Waals surface area contributed by atoms with Crippen molar-refractivity contribution in [2.45, 2.75) is 63.6 Å². The number of hydrogen-bond donors (Lipinski definition) is 3. The quantitative estimate of drug-likeness (QED) is 0.515. The van der Waals surface area contributed by atoms with Gasteiger partial charge in [-0.2, -0.15) is 0 Å². The average molecular weight is 430 g/mol. The standard InChI is InChI=1S/C23H32N4O4/c1-15(28)22(24)18-9-3-4-10-19(18)25-14-21(29)27-12-6-11-20(27)23(30)26-16-7-5-8-17(13-16)31-2/h3-4,9-10,16-17,20,24-25H,5-8,11-14H2,1-2H3,(H,26,30)/p+1/t16?,17-,20-/m0/s1. The molecule has 1 aromatic rings. The van der Waals surface area contributed by atoms with Gasteiger partial charge in [-0.3, -0.25) is 19.8 Å². The number of ketones is 1. The van der Waals surface area contributed by atoms with Crippen molar-refractivity contribution in [2.24, 2.45) is 0 Å². The first-order chi connectivity index (χ1) is 14.9. The number of carbonyl (C=O) groups excluding carboxylic acids is 3. The van der Waals surface area contributed by atoms with E-state index >= 15 is 0 Å². The summed E-state index contributed by atoms with van der Waals surface area (Å²) in [6, 6.07) is 6.78. The van der Waals surface area contributed by atoms with Gasteiger partial charge < -0.3 is 20.3 Å². The predicted octanol–water partition coefficient (Wildman–Crippen LogP) is 0.301. The molecule has 0 bridgehead atoms. The summed E-state index contributed by atoms with van der Waals surface area (Å²) >= 11 is 0. The molecule has 1 aliphatic heterocycles. The van der Waals surface area contributed by atoms with Gasteiger partial charge in [-0.15, -0.1) is 0 Å². The lowest BCUT2D eigenvalue weighted by Crippen LogP contribution is -2.51. The summed E-state index contributed by atoms with van der Waals surface area (Å²) in [5.41, 5.74) is 1.34. The van der Waals surface area contributed by atoms with Gasteiger partial charge in [0.2, 0.25) is 23.3 Å². The number of amides is 2. The van der Waals surface area contributed by atoms with Gasteiger partial charge in [0, 0.05) is 32.3 Å². The highest BCUT2D eigenvalue weighted by Gasteiger charge is 2.35. The Morgan fingerprint density at radius 1 is 1.16 bits per heavy atom. The van der Waals surface area contributed by atoms with E-state index in [2.05, 4.69) is 10.6 Å². The van der Waals surface area contributed by atoms with Crippen LogP contribution < -0.4 is 16.0 Å². The van der Waals surface area contributed by atoms with E-state index in [1.54, 1.807) is 30.2 Å². The maximum Gasteiger partial charge on any atom is 0.249 e. The fourth-order valence-corrected chi connectivity index (χ4v) is 4.46. The summed E-state index contributed by atoms with van der Waals surface area (Å²) in [5, 5.41) is 12.1. The van der Waals surface area contributed by atoms with Gasteiger partial charge in [0.25, 0.3) is 0 Å². The van der Waals surface area contributed by atoms with E-state index in [1.165, 1.54) is 6.92 Å². The van der Waals surface area contributed by atoms with Gasteiger partial charge in [0.1, 0.15) is 6.04 Å². The summed E-state index contributed by atoms with van der Waals surface area (Å²) in [6.07, 6.45) is 5.46. The van der Waals surface area contributed by atoms with E-state index in [4.69, 9.17) is 10.1 Å². The molecule has 2 aliphatic rings. The van der Waals surface area contributed by atoms with Crippen molar-refractivity contribution in [3.63, 3.8) is 0 Å². The molecule has 2 amide bonds. The van der Waals surface area contributed by atoms with Crippen LogP contribution in [0.1, 0.15) is 51.0 Å². The Morgan fingerprint density at radius 3 is 2.68 bits per heavy atom. The molecule has 2 fully saturated rings. The lowest BCUT2D eigenvalue weighted by atomic mass is 9.92. The van der Waals surface area contributed by atoms with Crippen LogP contribution in [-0.4, -0.2) is 66.6 Å². The minimum atomic E-state index is -0.443. The Bertz CT molecular complexity index is 841. The monoisotopic (exact) mass is 429 g/mol. The maximum atomic E-state index is 12.9. The zero-order valence-electron chi connectivity index (χ0n) is 18.4. The summed E-state index contributed by atoms with van der Waals surface area (Å²) in [5.74, 6) is -0.454. The fourth-order valence-electron chi connectivity index (χ4n) is 4.46. The van der Waals surface area contributed by atoms with Gasteiger partial charge >= 0.3 is 0 Å². The molecule has 0 spiro atoms. The number of Topliss-reactive ketones (excluding diaryl/α,β-unsaturated/α-hetero) is 1. The number of para-hydroxylation sites is 1. The Kier molecular flexibility index (Phi) is 7.79. The van der Waals surface area contributed by atoms with Crippen molar-refractivity contribution in [2.75, 3.05) is 25.5 Å². The molecule has 1 heterocycles. The number of anilines is 1. The van der Waals surface area contributed by atoms with E-state index in [0.717, 1.165) is 32.1 Å². The second kappa shape index (κ2) is 10.5. The molecule has 8 nitrogen and oxygen atoms in total. The lowest BCUT2D eigenvalue weighted by Gasteiger charge is -2.31. The van der Waals surface area contributed by atoms with Crippen LogP contribution >= 0.6 is 0 Å². The average Bonchev–Trinajstić information content (AvgIpc) is 3.27. The molecular weight excluding hydrogens is 396 g/mol. The Morgan fingerprint density at radius 2 is 1.94 bits per heavy atom. The number of hydrogen-bond acceptors (Lipinski definition) is 5. The maximum absolute atomic E-state index is 12.9. The van der Waals surface area contributed by atoms with Crippen LogP contribution in [0.2, 0.25) is 0 Å². The van der Waals surface area contributed by atoms with E-state index in [9.17, 15) is 14.4 Å². The third kappa shape index (κ3) is 5.70. The number of ether oxygens (including phenoxy) is 1. The van der Waals surface area contributed by atoms with Gasteiger partial charge in [-0.25, -0.2) is 0 Å². The van der Waals surface area contributed by atoms with Crippen LogP contribution in [0.3, 0.4) is 0 Å². The van der Waals surface area contributed by atoms with Crippen molar-refractivity contribution in [1.29, 1.82) is 0 Å². The van der Waals surface area contributed by atoms with Gasteiger partial charge in [0.15, 0.2) is 0 Å². The van der Waals surface area contributed by atoms with Crippen LogP contribution in [0, 0.1) is 0 Å². The molecule has 3 atom stereocenters. The first-order valence-corrected chi connectivity index (χ1v) is 11.0. The van der Waals surface area contributed by atoms with E-state index < -0.39 is 6.04 Å². The number of carbonyl (C=O) groups is 3. The SMILES string of the molecule is CO[C@H]1CCCC(NC(=O)[C@@H]2CCCN2C(=O)CNc2ccccc2C(=[NH2+])C(C)=O)C1. The molecule has 31 heavy (non-hydrogen) atoms. The zero-order chi connectivity index (χ0) is 22.4. The zero-order valence-corrected chi connectivity index (χ0v) is 18.4. The largest absolute Gasteiger partial charge is 0.381 e. The van der Waals surface area contributed by atoms with Crippen molar-refractivity contribution in [1.82, 2.24) is 10.2 Å². The molecule has 4 N–H and O–H groups in total. The number of methoxy groups -OCH3 is 1.